The van der Waals surface area contributed by atoms with Gasteiger partial charge in [-0.25, -0.2) is 0 Å². The maximum absolute atomic E-state index is 12.7. The summed E-state index contributed by atoms with van der Waals surface area (Å²) >= 11 is 0. The summed E-state index contributed by atoms with van der Waals surface area (Å²) < 4.78 is 5.61. The van der Waals surface area contributed by atoms with Crippen LogP contribution in [0.5, 0.6) is 0 Å². The molecule has 0 bridgehead atoms. The number of carbonyl (C=O) groups is 1. The molecule has 5 nitrogen and oxygen atoms in total. The monoisotopic (exact) mass is 321 g/mol. The van der Waals surface area contributed by atoms with E-state index in [2.05, 4.69) is 35.9 Å². The Labute approximate surface area is 139 Å². The normalized spacial score (nSPS) is 22.7. The molecule has 5 heteroatoms. The van der Waals surface area contributed by atoms with E-state index in [4.69, 9.17) is 4.42 Å². The topological polar surface area (TPSA) is 59.2 Å². The first-order chi connectivity index (χ1) is 10.9. The van der Waals surface area contributed by atoms with Gasteiger partial charge in [0.15, 0.2) is 0 Å². The SMILES string of the molecule is CC(C)c1nnc(CCC(=O)N2CC[C@H](C)CC[C@@H]2C(C)C)o1. The second-order valence-electron chi connectivity index (χ2n) is 7.56. The molecule has 1 fully saturated rings. The molecule has 0 saturated carbocycles. The quantitative estimate of drug-likeness (QED) is 0.827. The number of amides is 1. The van der Waals surface area contributed by atoms with Crippen LogP contribution in [0.4, 0.5) is 0 Å². The van der Waals surface area contributed by atoms with Gasteiger partial charge < -0.3 is 9.32 Å². The zero-order valence-electron chi connectivity index (χ0n) is 15.2. The average molecular weight is 321 g/mol. The largest absolute Gasteiger partial charge is 0.425 e. The van der Waals surface area contributed by atoms with Crippen LogP contribution in [-0.4, -0.2) is 33.6 Å². The van der Waals surface area contributed by atoms with E-state index in [9.17, 15) is 4.79 Å². The van der Waals surface area contributed by atoms with Gasteiger partial charge in [-0.15, -0.1) is 10.2 Å². The Kier molecular flexibility index (Phi) is 6.19. The minimum Gasteiger partial charge on any atom is -0.425 e. The van der Waals surface area contributed by atoms with Crippen molar-refractivity contribution < 1.29 is 9.21 Å². The summed E-state index contributed by atoms with van der Waals surface area (Å²) in [6.45, 7) is 11.6. The number of hydrogen-bond donors (Lipinski definition) is 0. The lowest BCUT2D eigenvalue weighted by molar-refractivity contribution is -0.134. The summed E-state index contributed by atoms with van der Waals surface area (Å²) in [7, 11) is 0. The van der Waals surface area contributed by atoms with Gasteiger partial charge in [0.25, 0.3) is 0 Å². The summed E-state index contributed by atoms with van der Waals surface area (Å²) in [4.78, 5) is 14.8. The molecule has 1 saturated heterocycles. The molecular weight excluding hydrogens is 290 g/mol. The van der Waals surface area contributed by atoms with Crippen molar-refractivity contribution in [1.29, 1.82) is 0 Å². The van der Waals surface area contributed by atoms with Crippen molar-refractivity contribution in [2.75, 3.05) is 6.54 Å². The minimum atomic E-state index is 0.224. The molecule has 0 N–H and O–H groups in total. The lowest BCUT2D eigenvalue weighted by Gasteiger charge is -2.33. The predicted octanol–water partition coefficient (Wildman–Crippen LogP) is 3.80. The van der Waals surface area contributed by atoms with Crippen molar-refractivity contribution in [2.24, 2.45) is 11.8 Å². The number of rotatable bonds is 5. The maximum Gasteiger partial charge on any atom is 0.223 e. The van der Waals surface area contributed by atoms with Gasteiger partial charge in [0.05, 0.1) is 0 Å². The third-order valence-electron chi connectivity index (χ3n) is 4.84. The Hall–Kier alpha value is -1.39. The van der Waals surface area contributed by atoms with E-state index < -0.39 is 0 Å². The third-order valence-corrected chi connectivity index (χ3v) is 4.84. The average Bonchev–Trinajstić information content (AvgIpc) is 2.88. The van der Waals surface area contributed by atoms with Crippen molar-refractivity contribution >= 4 is 5.91 Å². The zero-order chi connectivity index (χ0) is 17.0. The fraction of sp³-hybridized carbons (Fsp3) is 0.833. The van der Waals surface area contributed by atoms with E-state index in [-0.39, 0.29) is 11.8 Å². The number of aromatic nitrogens is 2. The van der Waals surface area contributed by atoms with E-state index in [1.165, 1.54) is 6.42 Å². The summed E-state index contributed by atoms with van der Waals surface area (Å²) in [6.07, 6.45) is 4.43. The molecule has 1 amide bonds. The number of carbonyl (C=O) groups excluding carboxylic acids is 1. The van der Waals surface area contributed by atoms with E-state index in [0.717, 1.165) is 19.4 Å². The first-order valence-corrected chi connectivity index (χ1v) is 9.00. The molecule has 0 aliphatic carbocycles. The second kappa shape index (κ2) is 7.93. The Balaban J connectivity index is 1.96. The van der Waals surface area contributed by atoms with Crippen molar-refractivity contribution in [3.05, 3.63) is 11.8 Å². The molecular formula is C18H31N3O2. The number of aryl methyl sites for hydroxylation is 1. The van der Waals surface area contributed by atoms with Gasteiger partial charge >= 0.3 is 0 Å². The molecule has 1 aromatic heterocycles. The Morgan fingerprint density at radius 2 is 1.96 bits per heavy atom. The second-order valence-corrected chi connectivity index (χ2v) is 7.56. The van der Waals surface area contributed by atoms with Crippen LogP contribution in [0, 0.1) is 11.8 Å². The number of likely N-dealkylation sites (tertiary alicyclic amines) is 1. The van der Waals surface area contributed by atoms with Gasteiger partial charge in [-0.3, -0.25) is 4.79 Å². The molecule has 2 atom stereocenters. The van der Waals surface area contributed by atoms with E-state index in [1.807, 2.05) is 13.8 Å². The smallest absolute Gasteiger partial charge is 0.223 e. The van der Waals surface area contributed by atoms with Crippen molar-refractivity contribution in [3.8, 4) is 0 Å². The van der Waals surface area contributed by atoms with Crippen LogP contribution >= 0.6 is 0 Å². The lowest BCUT2D eigenvalue weighted by Crippen LogP contribution is -2.43. The molecule has 130 valence electrons. The maximum atomic E-state index is 12.7. The van der Waals surface area contributed by atoms with Crippen LogP contribution < -0.4 is 0 Å². The molecule has 2 heterocycles. The molecule has 0 unspecified atom stereocenters. The van der Waals surface area contributed by atoms with Crippen molar-refractivity contribution in [3.63, 3.8) is 0 Å². The first-order valence-electron chi connectivity index (χ1n) is 9.00. The third kappa shape index (κ3) is 4.79. The molecule has 0 spiro atoms. The highest BCUT2D eigenvalue weighted by molar-refractivity contribution is 5.76. The van der Waals surface area contributed by atoms with Gasteiger partial charge in [-0.2, -0.15) is 0 Å². The van der Waals surface area contributed by atoms with Crippen LogP contribution in [0.3, 0.4) is 0 Å². The molecule has 23 heavy (non-hydrogen) atoms. The summed E-state index contributed by atoms with van der Waals surface area (Å²) in [5, 5.41) is 8.08. The van der Waals surface area contributed by atoms with Crippen LogP contribution in [0.15, 0.2) is 4.42 Å². The molecule has 0 radical (unpaired) electrons. The zero-order valence-corrected chi connectivity index (χ0v) is 15.2. The van der Waals surface area contributed by atoms with Crippen LogP contribution in [0.1, 0.15) is 78.0 Å². The van der Waals surface area contributed by atoms with Crippen LogP contribution in [0.2, 0.25) is 0 Å². The highest BCUT2D eigenvalue weighted by atomic mass is 16.4. The van der Waals surface area contributed by atoms with E-state index >= 15 is 0 Å². The highest BCUT2D eigenvalue weighted by Gasteiger charge is 2.29. The minimum absolute atomic E-state index is 0.224. The fourth-order valence-corrected chi connectivity index (χ4v) is 3.24. The molecule has 1 aromatic rings. The van der Waals surface area contributed by atoms with E-state index in [1.54, 1.807) is 0 Å². The summed E-state index contributed by atoms with van der Waals surface area (Å²) in [5.41, 5.74) is 0. The van der Waals surface area contributed by atoms with Gasteiger partial charge in [-0.1, -0.05) is 34.6 Å². The van der Waals surface area contributed by atoms with Gasteiger partial charge in [0.2, 0.25) is 17.7 Å². The lowest BCUT2D eigenvalue weighted by atomic mass is 9.95. The Morgan fingerprint density at radius 1 is 1.22 bits per heavy atom. The summed E-state index contributed by atoms with van der Waals surface area (Å²) in [6, 6.07) is 0.362. The Morgan fingerprint density at radius 3 is 2.57 bits per heavy atom. The van der Waals surface area contributed by atoms with Gasteiger partial charge in [0, 0.05) is 31.3 Å². The van der Waals surface area contributed by atoms with Crippen molar-refractivity contribution in [1.82, 2.24) is 15.1 Å². The van der Waals surface area contributed by atoms with Gasteiger partial charge in [-0.05, 0) is 31.1 Å². The van der Waals surface area contributed by atoms with Gasteiger partial charge in [0.1, 0.15) is 0 Å². The fourth-order valence-electron chi connectivity index (χ4n) is 3.24. The molecule has 2 rings (SSSR count). The Bertz CT molecular complexity index is 510. The number of hydrogen-bond acceptors (Lipinski definition) is 4. The first kappa shape index (κ1) is 18.0. The van der Waals surface area contributed by atoms with Crippen molar-refractivity contribution in [2.45, 2.75) is 78.7 Å². The standard InChI is InChI=1S/C18H31N3O2/c1-12(2)15-7-6-14(5)10-11-21(15)17(22)9-8-16-19-20-18(23-16)13(3)4/h12-15H,6-11H2,1-5H3/t14-,15-/m1/s1. The van der Waals surface area contributed by atoms with Crippen LogP contribution in [0.25, 0.3) is 0 Å². The molecule has 1 aliphatic rings. The van der Waals surface area contributed by atoms with Crippen LogP contribution in [-0.2, 0) is 11.2 Å². The van der Waals surface area contributed by atoms with E-state index in [0.29, 0.717) is 42.5 Å². The number of nitrogens with zero attached hydrogens (tertiary/aromatic N) is 3. The predicted molar refractivity (Wildman–Crippen MR) is 90.1 cm³/mol. The molecule has 1 aliphatic heterocycles. The highest BCUT2D eigenvalue weighted by Crippen LogP contribution is 2.26. The molecule has 0 aromatic carbocycles. The summed E-state index contributed by atoms with van der Waals surface area (Å²) in [5.74, 6) is 2.88.